The predicted molar refractivity (Wildman–Crippen MR) is 102 cm³/mol. The van der Waals surface area contributed by atoms with Gasteiger partial charge in [0.2, 0.25) is 5.78 Å². The molecule has 0 unspecified atom stereocenters. The van der Waals surface area contributed by atoms with Gasteiger partial charge in [0.1, 0.15) is 5.75 Å². The van der Waals surface area contributed by atoms with E-state index in [0.717, 1.165) is 10.9 Å². The third kappa shape index (κ3) is 5.82. The molecule has 24 heavy (non-hydrogen) atoms. The van der Waals surface area contributed by atoms with Gasteiger partial charge in [0.05, 0.1) is 17.9 Å². The Hall–Kier alpha value is -1.55. The first-order chi connectivity index (χ1) is 11.7. The van der Waals surface area contributed by atoms with Crippen LogP contribution in [0.4, 0.5) is 0 Å². The Labute approximate surface area is 152 Å². The van der Waals surface area contributed by atoms with Gasteiger partial charge in [0.15, 0.2) is 0 Å². The monoisotopic (exact) mass is 391 g/mol. The number of carbonyl (C=O) groups excluding carboxylic acids is 1. The zero-order valence-electron chi connectivity index (χ0n) is 14.3. The fourth-order valence-electron chi connectivity index (χ4n) is 2.66. The van der Waals surface area contributed by atoms with E-state index >= 15 is 0 Å². The molecule has 1 aromatic carbocycles. The maximum Gasteiger partial charge on any atom is 0.212 e. The van der Waals surface area contributed by atoms with Gasteiger partial charge in [0, 0.05) is 10.7 Å². The Morgan fingerprint density at radius 2 is 1.83 bits per heavy atom. The van der Waals surface area contributed by atoms with Gasteiger partial charge in [-0.1, -0.05) is 61.4 Å². The summed E-state index contributed by atoms with van der Waals surface area (Å²) in [6.07, 6.45) is 10.5. The van der Waals surface area contributed by atoms with E-state index in [1.165, 1.54) is 38.5 Å². The third-order valence-corrected chi connectivity index (χ3v) is 4.53. The number of aromatic amines is 1. The van der Waals surface area contributed by atoms with Crippen molar-refractivity contribution in [3.63, 3.8) is 0 Å². The van der Waals surface area contributed by atoms with E-state index in [1.54, 1.807) is 12.3 Å². The lowest BCUT2D eigenvalue weighted by molar-refractivity contribution is 0.103. The van der Waals surface area contributed by atoms with Crippen molar-refractivity contribution in [2.24, 2.45) is 0 Å². The fourth-order valence-corrected chi connectivity index (χ4v) is 3.02. The van der Waals surface area contributed by atoms with Gasteiger partial charge >= 0.3 is 0 Å². The first kappa shape index (κ1) is 18.8. The molecule has 0 bridgehead atoms. The zero-order valence-corrected chi connectivity index (χ0v) is 15.9. The molecule has 2 rings (SSSR count). The van der Waals surface area contributed by atoms with Crippen LogP contribution in [-0.4, -0.2) is 17.4 Å². The van der Waals surface area contributed by atoms with Crippen LogP contribution in [0, 0.1) is 0 Å². The highest BCUT2D eigenvalue weighted by atomic mass is 79.9. The Morgan fingerprint density at radius 3 is 2.54 bits per heavy atom. The molecule has 2 aromatic rings. The third-order valence-electron chi connectivity index (χ3n) is 4.03. The van der Waals surface area contributed by atoms with E-state index in [9.17, 15) is 4.79 Å². The highest BCUT2D eigenvalue weighted by Gasteiger charge is 2.16. The largest absolute Gasteiger partial charge is 0.493 e. The number of hydrogen-bond acceptors (Lipinski definition) is 2. The summed E-state index contributed by atoms with van der Waals surface area (Å²) in [5.74, 6) is 0.611. The molecule has 0 spiro atoms. The van der Waals surface area contributed by atoms with Crippen LogP contribution in [0.25, 0.3) is 0 Å². The van der Waals surface area contributed by atoms with Crippen molar-refractivity contribution in [2.75, 3.05) is 6.61 Å². The molecule has 3 nitrogen and oxygen atoms in total. The van der Waals surface area contributed by atoms with Gasteiger partial charge in [-0.2, -0.15) is 0 Å². The zero-order chi connectivity index (χ0) is 17.2. The quantitative estimate of drug-likeness (QED) is 0.369. The highest BCUT2D eigenvalue weighted by molar-refractivity contribution is 9.10. The van der Waals surface area contributed by atoms with Gasteiger partial charge in [0.25, 0.3) is 0 Å². The molecule has 0 amide bonds. The second-order valence-corrected chi connectivity index (χ2v) is 6.94. The first-order valence-electron chi connectivity index (χ1n) is 8.83. The number of nitrogens with one attached hydrogen (secondary N) is 1. The Morgan fingerprint density at radius 1 is 1.08 bits per heavy atom. The van der Waals surface area contributed by atoms with Crippen LogP contribution >= 0.6 is 15.9 Å². The van der Waals surface area contributed by atoms with Crippen molar-refractivity contribution in [1.82, 2.24) is 4.98 Å². The van der Waals surface area contributed by atoms with Crippen LogP contribution in [0.5, 0.6) is 5.75 Å². The predicted octanol–water partition coefficient (Wildman–Crippen LogP) is 6.14. The maximum atomic E-state index is 12.6. The lowest BCUT2D eigenvalue weighted by Crippen LogP contribution is -2.07. The van der Waals surface area contributed by atoms with Crippen molar-refractivity contribution in [3.8, 4) is 5.75 Å². The van der Waals surface area contributed by atoms with Crippen LogP contribution < -0.4 is 4.74 Å². The lowest BCUT2D eigenvalue weighted by atomic mass is 10.1. The van der Waals surface area contributed by atoms with Gasteiger partial charge in [-0.25, -0.2) is 0 Å². The molecule has 0 fully saturated rings. The number of aromatic nitrogens is 1. The molecule has 1 heterocycles. The second kappa shape index (κ2) is 10.3. The minimum atomic E-state index is -0.0455. The van der Waals surface area contributed by atoms with Crippen LogP contribution in [0.15, 0.2) is 41.0 Å². The number of carbonyl (C=O) groups is 1. The summed E-state index contributed by atoms with van der Waals surface area (Å²) in [6.45, 7) is 2.89. The molecule has 4 heteroatoms. The molecule has 0 aliphatic carbocycles. The van der Waals surface area contributed by atoms with E-state index in [-0.39, 0.29) is 5.78 Å². The molecule has 1 N–H and O–H groups in total. The van der Waals surface area contributed by atoms with Crippen LogP contribution in [0.1, 0.15) is 67.9 Å². The minimum absolute atomic E-state index is 0.0455. The fraction of sp³-hybridized carbons (Fsp3) is 0.450. The smallest absolute Gasteiger partial charge is 0.212 e. The number of rotatable bonds is 11. The van der Waals surface area contributed by atoms with Crippen LogP contribution in [0.2, 0.25) is 0 Å². The standard InChI is InChI=1S/C20H26BrNO2/c1-2-3-4-5-6-7-8-14-24-19-12-11-16(21)15-17(19)20(23)18-10-9-13-22-18/h9-13,15,22H,2-8,14H2,1H3. The molecule has 130 valence electrons. The molecule has 1 aromatic heterocycles. The molecule has 0 saturated heterocycles. The number of hydrogen-bond donors (Lipinski definition) is 1. The van der Waals surface area contributed by atoms with Crippen molar-refractivity contribution in [1.29, 1.82) is 0 Å². The number of ether oxygens (including phenoxy) is 1. The number of halogens is 1. The Bertz CT molecular complexity index is 623. The number of ketones is 1. The van der Waals surface area contributed by atoms with E-state index in [1.807, 2.05) is 24.3 Å². The topological polar surface area (TPSA) is 42.1 Å². The highest BCUT2D eigenvalue weighted by Crippen LogP contribution is 2.26. The minimum Gasteiger partial charge on any atom is -0.493 e. The summed E-state index contributed by atoms with van der Waals surface area (Å²) in [6, 6.07) is 9.20. The molecule has 0 aliphatic rings. The normalized spacial score (nSPS) is 10.8. The first-order valence-corrected chi connectivity index (χ1v) is 9.62. The Balaban J connectivity index is 1.85. The number of H-pyrrole nitrogens is 1. The summed E-state index contributed by atoms with van der Waals surface area (Å²) in [7, 11) is 0. The molecule has 0 saturated carbocycles. The lowest BCUT2D eigenvalue weighted by Gasteiger charge is -2.11. The average Bonchev–Trinajstić information content (AvgIpc) is 3.12. The molecular formula is C20H26BrNO2. The molecule has 0 aliphatic heterocycles. The summed E-state index contributed by atoms with van der Waals surface area (Å²) in [4.78, 5) is 15.5. The number of unbranched alkanes of at least 4 members (excludes halogenated alkanes) is 6. The van der Waals surface area contributed by atoms with Gasteiger partial charge in [-0.15, -0.1) is 0 Å². The Kier molecular flexibility index (Phi) is 8.10. The number of benzene rings is 1. The van der Waals surface area contributed by atoms with Crippen molar-refractivity contribution < 1.29 is 9.53 Å². The summed E-state index contributed by atoms with van der Waals surface area (Å²) in [5, 5.41) is 0. The van der Waals surface area contributed by atoms with Gasteiger partial charge in [-0.3, -0.25) is 4.79 Å². The molecule has 0 atom stereocenters. The van der Waals surface area contributed by atoms with Gasteiger partial charge in [-0.05, 0) is 36.8 Å². The van der Waals surface area contributed by atoms with Crippen LogP contribution in [-0.2, 0) is 0 Å². The van der Waals surface area contributed by atoms with Crippen molar-refractivity contribution in [2.45, 2.75) is 51.9 Å². The van der Waals surface area contributed by atoms with Crippen molar-refractivity contribution in [3.05, 3.63) is 52.3 Å². The van der Waals surface area contributed by atoms with E-state index in [0.29, 0.717) is 23.6 Å². The van der Waals surface area contributed by atoms with Gasteiger partial charge < -0.3 is 9.72 Å². The summed E-state index contributed by atoms with van der Waals surface area (Å²) < 4.78 is 6.76. The van der Waals surface area contributed by atoms with Crippen molar-refractivity contribution >= 4 is 21.7 Å². The maximum absolute atomic E-state index is 12.6. The van der Waals surface area contributed by atoms with E-state index in [4.69, 9.17) is 4.74 Å². The van der Waals surface area contributed by atoms with E-state index in [2.05, 4.69) is 27.8 Å². The molecular weight excluding hydrogens is 366 g/mol. The summed E-state index contributed by atoms with van der Waals surface area (Å²) >= 11 is 3.43. The molecule has 0 radical (unpaired) electrons. The van der Waals surface area contributed by atoms with E-state index < -0.39 is 0 Å². The van der Waals surface area contributed by atoms with Crippen LogP contribution in [0.3, 0.4) is 0 Å². The average molecular weight is 392 g/mol. The SMILES string of the molecule is CCCCCCCCCOc1ccc(Br)cc1C(=O)c1ccc[nH]1. The second-order valence-electron chi connectivity index (χ2n) is 6.02. The summed E-state index contributed by atoms with van der Waals surface area (Å²) in [5.41, 5.74) is 1.17.